The molecule has 1 aliphatic carbocycles. The first-order valence-corrected chi connectivity index (χ1v) is 3.93. The van der Waals surface area contributed by atoms with Crippen molar-refractivity contribution in [2.75, 3.05) is 0 Å². The fourth-order valence-corrected chi connectivity index (χ4v) is 1.60. The lowest BCUT2D eigenvalue weighted by Crippen LogP contribution is -2.03. The van der Waals surface area contributed by atoms with Crippen LogP contribution in [0.4, 0.5) is 0 Å². The molecule has 0 aromatic carbocycles. The van der Waals surface area contributed by atoms with Gasteiger partial charge in [0.2, 0.25) is 0 Å². The minimum atomic E-state index is 0. The molecular weight excluding hydrogens is 110 g/mol. The Balaban J connectivity index is 0.000000640. The van der Waals surface area contributed by atoms with Gasteiger partial charge in [0, 0.05) is 0 Å². The lowest BCUT2D eigenvalue weighted by molar-refractivity contribution is 0.349. The Morgan fingerprint density at radius 1 is 1.11 bits per heavy atom. The highest BCUT2D eigenvalue weighted by Gasteiger charge is 2.09. The molecule has 0 saturated heterocycles. The quantitative estimate of drug-likeness (QED) is 0.580. The van der Waals surface area contributed by atoms with E-state index in [9.17, 15) is 0 Å². The second-order valence-corrected chi connectivity index (χ2v) is 2.91. The Bertz CT molecular complexity index is 55.6. The van der Waals surface area contributed by atoms with Crippen LogP contribution in [-0.2, 0) is 0 Å². The fourth-order valence-electron chi connectivity index (χ4n) is 1.60. The molecule has 0 amide bonds. The first kappa shape index (κ1) is 8.96. The largest absolute Gasteiger partial charge is 0.344 e. The van der Waals surface area contributed by atoms with Crippen molar-refractivity contribution in [2.45, 2.75) is 45.4 Å². The van der Waals surface area contributed by atoms with Crippen LogP contribution in [0.1, 0.15) is 45.4 Å². The van der Waals surface area contributed by atoms with E-state index in [2.05, 4.69) is 6.92 Å². The van der Waals surface area contributed by atoms with Crippen LogP contribution in [-0.4, -0.2) is 0 Å². The van der Waals surface area contributed by atoms with Gasteiger partial charge in [-0.25, -0.2) is 0 Å². The zero-order chi connectivity index (χ0) is 5.82. The normalized spacial score (nSPS) is 21.0. The fraction of sp³-hybridized carbons (Fsp3) is 1.00. The third kappa shape index (κ3) is 2.85. The van der Waals surface area contributed by atoms with Crippen molar-refractivity contribution in [2.24, 2.45) is 5.92 Å². The molecule has 0 spiro atoms. The average Bonchev–Trinajstić information content (AvgIpc) is 1.90. The van der Waals surface area contributed by atoms with E-state index in [1.807, 2.05) is 0 Å². The second-order valence-electron chi connectivity index (χ2n) is 2.91. The molecule has 3 N–H and O–H groups in total. The molecule has 1 fully saturated rings. The molecule has 0 aliphatic heterocycles. The summed E-state index contributed by atoms with van der Waals surface area (Å²) in [5, 5.41) is 0. The molecule has 0 aromatic heterocycles. The maximum absolute atomic E-state index is 2.32. The van der Waals surface area contributed by atoms with Gasteiger partial charge >= 0.3 is 0 Å². The van der Waals surface area contributed by atoms with Crippen LogP contribution in [0.25, 0.3) is 0 Å². The third-order valence-corrected chi connectivity index (χ3v) is 2.30. The van der Waals surface area contributed by atoms with Gasteiger partial charge < -0.3 is 6.15 Å². The molecule has 0 radical (unpaired) electrons. The highest BCUT2D eigenvalue weighted by molar-refractivity contribution is 4.63. The van der Waals surface area contributed by atoms with Crippen LogP contribution in [0, 0.1) is 5.92 Å². The van der Waals surface area contributed by atoms with Gasteiger partial charge in [-0.3, -0.25) is 0 Å². The zero-order valence-corrected chi connectivity index (χ0v) is 6.53. The first-order chi connectivity index (χ1) is 3.93. The minimum absolute atomic E-state index is 0. The SMILES string of the molecule is CCC1CCCCC1.N. The molecular formula is C8H19N. The van der Waals surface area contributed by atoms with Crippen molar-refractivity contribution in [1.29, 1.82) is 0 Å². The summed E-state index contributed by atoms with van der Waals surface area (Å²) in [6.07, 6.45) is 8.93. The summed E-state index contributed by atoms with van der Waals surface area (Å²) in [4.78, 5) is 0. The van der Waals surface area contributed by atoms with E-state index in [0.29, 0.717) is 0 Å². The van der Waals surface area contributed by atoms with Crippen LogP contribution in [0.3, 0.4) is 0 Å². The summed E-state index contributed by atoms with van der Waals surface area (Å²) < 4.78 is 0. The van der Waals surface area contributed by atoms with Crippen LogP contribution in [0.15, 0.2) is 0 Å². The van der Waals surface area contributed by atoms with Gasteiger partial charge in [0.15, 0.2) is 0 Å². The maximum atomic E-state index is 2.32. The average molecular weight is 129 g/mol. The van der Waals surface area contributed by atoms with Gasteiger partial charge in [0.25, 0.3) is 0 Å². The van der Waals surface area contributed by atoms with E-state index in [4.69, 9.17) is 0 Å². The molecule has 1 nitrogen and oxygen atoms in total. The van der Waals surface area contributed by atoms with Crippen molar-refractivity contribution in [3.63, 3.8) is 0 Å². The van der Waals surface area contributed by atoms with Gasteiger partial charge in [-0.1, -0.05) is 45.4 Å². The van der Waals surface area contributed by atoms with Gasteiger partial charge in [-0.05, 0) is 5.92 Å². The molecule has 0 aromatic rings. The summed E-state index contributed by atoms with van der Waals surface area (Å²) in [5.41, 5.74) is 0. The molecule has 0 atom stereocenters. The van der Waals surface area contributed by atoms with Crippen LogP contribution >= 0.6 is 0 Å². The Labute approximate surface area is 58.4 Å². The van der Waals surface area contributed by atoms with Crippen molar-refractivity contribution in [3.8, 4) is 0 Å². The summed E-state index contributed by atoms with van der Waals surface area (Å²) in [6, 6.07) is 0. The predicted molar refractivity (Wildman–Crippen MR) is 41.9 cm³/mol. The van der Waals surface area contributed by atoms with E-state index < -0.39 is 0 Å². The molecule has 1 saturated carbocycles. The van der Waals surface area contributed by atoms with E-state index >= 15 is 0 Å². The zero-order valence-electron chi connectivity index (χ0n) is 6.53. The monoisotopic (exact) mass is 129 g/mol. The van der Waals surface area contributed by atoms with E-state index in [1.54, 1.807) is 0 Å². The highest BCUT2D eigenvalue weighted by Crippen LogP contribution is 2.25. The van der Waals surface area contributed by atoms with E-state index in [0.717, 1.165) is 5.92 Å². The minimum Gasteiger partial charge on any atom is -0.344 e. The van der Waals surface area contributed by atoms with Crippen molar-refractivity contribution < 1.29 is 0 Å². The second kappa shape index (κ2) is 4.80. The Kier molecular flexibility index (Phi) is 4.78. The molecule has 1 heteroatoms. The van der Waals surface area contributed by atoms with Crippen LogP contribution in [0.2, 0.25) is 0 Å². The first-order valence-electron chi connectivity index (χ1n) is 3.93. The topological polar surface area (TPSA) is 35.0 Å². The van der Waals surface area contributed by atoms with Gasteiger partial charge in [-0.15, -0.1) is 0 Å². The number of rotatable bonds is 1. The van der Waals surface area contributed by atoms with Gasteiger partial charge in [0.05, 0.1) is 0 Å². The number of hydrogen-bond acceptors (Lipinski definition) is 1. The molecule has 0 unspecified atom stereocenters. The third-order valence-electron chi connectivity index (χ3n) is 2.30. The number of hydrogen-bond donors (Lipinski definition) is 1. The molecule has 1 rings (SSSR count). The summed E-state index contributed by atoms with van der Waals surface area (Å²) in [7, 11) is 0. The van der Waals surface area contributed by atoms with E-state index in [-0.39, 0.29) is 6.15 Å². The maximum Gasteiger partial charge on any atom is -0.0417 e. The highest BCUT2D eigenvalue weighted by atomic mass is 14.2. The Morgan fingerprint density at radius 3 is 2.00 bits per heavy atom. The molecule has 1 aliphatic rings. The molecule has 0 heterocycles. The van der Waals surface area contributed by atoms with Crippen molar-refractivity contribution in [1.82, 2.24) is 6.15 Å². The van der Waals surface area contributed by atoms with E-state index in [1.165, 1.54) is 38.5 Å². The summed E-state index contributed by atoms with van der Waals surface area (Å²) in [6.45, 7) is 2.32. The predicted octanol–water partition coefficient (Wildman–Crippen LogP) is 3.14. The van der Waals surface area contributed by atoms with Crippen molar-refractivity contribution >= 4 is 0 Å². The molecule has 9 heavy (non-hydrogen) atoms. The molecule has 56 valence electrons. The van der Waals surface area contributed by atoms with Crippen LogP contribution < -0.4 is 6.15 Å². The van der Waals surface area contributed by atoms with Crippen molar-refractivity contribution in [3.05, 3.63) is 0 Å². The Hall–Kier alpha value is -0.0400. The standard InChI is InChI=1S/C8H16.H3N/c1-2-8-6-4-3-5-7-8;/h8H,2-7H2,1H3;1H3. The lowest BCUT2D eigenvalue weighted by Gasteiger charge is -2.18. The van der Waals surface area contributed by atoms with Crippen LogP contribution in [0.5, 0.6) is 0 Å². The smallest absolute Gasteiger partial charge is 0.0417 e. The van der Waals surface area contributed by atoms with Gasteiger partial charge in [-0.2, -0.15) is 0 Å². The lowest BCUT2D eigenvalue weighted by atomic mass is 9.88. The van der Waals surface area contributed by atoms with Gasteiger partial charge in [0.1, 0.15) is 0 Å². The summed E-state index contributed by atoms with van der Waals surface area (Å²) in [5.74, 6) is 1.09. The summed E-state index contributed by atoms with van der Waals surface area (Å²) >= 11 is 0. The molecule has 0 bridgehead atoms. The Morgan fingerprint density at radius 2 is 1.67 bits per heavy atom.